The number of alkyl halides is 3. The molecular formula is C13H18F3N3O. The molecule has 1 aromatic rings. The second-order valence-electron chi connectivity index (χ2n) is 4.66. The second-order valence-corrected chi connectivity index (χ2v) is 4.66. The first-order valence-corrected chi connectivity index (χ1v) is 6.12. The summed E-state index contributed by atoms with van der Waals surface area (Å²) in [5, 5.41) is 3.11. The Kier molecular flexibility index (Phi) is 5.13. The van der Waals surface area contributed by atoms with Crippen molar-refractivity contribution < 1.29 is 18.0 Å². The highest BCUT2D eigenvalue weighted by Crippen LogP contribution is 2.39. The summed E-state index contributed by atoms with van der Waals surface area (Å²) in [6, 6.07) is 4.05. The van der Waals surface area contributed by atoms with Crippen LogP contribution in [0.1, 0.15) is 40.2 Å². The molecule has 7 heteroatoms. The summed E-state index contributed by atoms with van der Waals surface area (Å²) in [6.07, 6.45) is -3.30. The Labute approximate surface area is 115 Å². The Hall–Kier alpha value is -1.60. The van der Waals surface area contributed by atoms with Gasteiger partial charge >= 0.3 is 6.18 Å². The van der Waals surface area contributed by atoms with E-state index >= 15 is 0 Å². The predicted molar refractivity (Wildman–Crippen MR) is 69.8 cm³/mol. The van der Waals surface area contributed by atoms with Gasteiger partial charge in [0.05, 0.1) is 11.1 Å². The molecular weight excluding hydrogens is 271 g/mol. The molecule has 0 spiro atoms. The monoisotopic (exact) mass is 289 g/mol. The van der Waals surface area contributed by atoms with Crippen molar-refractivity contribution in [1.82, 2.24) is 11.5 Å². The van der Waals surface area contributed by atoms with Gasteiger partial charge in [-0.05, 0) is 43.5 Å². The second kappa shape index (κ2) is 6.23. The fourth-order valence-electron chi connectivity index (χ4n) is 2.57. The number of hydrogen-bond donors (Lipinski definition) is 3. The van der Waals surface area contributed by atoms with E-state index in [0.29, 0.717) is 25.9 Å². The van der Waals surface area contributed by atoms with E-state index < -0.39 is 23.2 Å². The molecule has 6 N–H and O–H groups in total. The molecule has 0 aliphatic carbocycles. The van der Waals surface area contributed by atoms with Crippen LogP contribution in [0.3, 0.4) is 0 Å². The van der Waals surface area contributed by atoms with E-state index in [1.165, 1.54) is 12.1 Å². The third-order valence-corrected chi connectivity index (χ3v) is 3.42. The van der Waals surface area contributed by atoms with E-state index in [2.05, 4.69) is 5.32 Å². The lowest BCUT2D eigenvalue weighted by molar-refractivity contribution is -0.138. The maximum Gasteiger partial charge on any atom is 0.417 e. The molecule has 2 rings (SSSR count). The molecule has 0 bridgehead atoms. The number of piperidine rings is 1. The number of carbonyl (C=O) groups is 1. The summed E-state index contributed by atoms with van der Waals surface area (Å²) in [5.41, 5.74) is 3.94. The minimum atomic E-state index is -4.56. The summed E-state index contributed by atoms with van der Waals surface area (Å²) in [6.45, 7) is 1.37. The van der Waals surface area contributed by atoms with Crippen LogP contribution in [-0.2, 0) is 6.18 Å². The smallest absolute Gasteiger partial charge is 0.366 e. The first kappa shape index (κ1) is 16.5. The van der Waals surface area contributed by atoms with Gasteiger partial charge in [0.2, 0.25) is 5.91 Å². The van der Waals surface area contributed by atoms with Gasteiger partial charge in [0.25, 0.3) is 0 Å². The molecule has 112 valence electrons. The van der Waals surface area contributed by atoms with Crippen LogP contribution in [0.15, 0.2) is 18.2 Å². The van der Waals surface area contributed by atoms with Crippen molar-refractivity contribution in [2.24, 2.45) is 5.73 Å². The number of nitrogens with two attached hydrogens (primary N) is 1. The molecule has 1 heterocycles. The Morgan fingerprint density at radius 3 is 2.35 bits per heavy atom. The summed E-state index contributed by atoms with van der Waals surface area (Å²) < 4.78 is 39.6. The highest BCUT2D eigenvalue weighted by Gasteiger charge is 2.39. The van der Waals surface area contributed by atoms with Crippen molar-refractivity contribution in [2.45, 2.75) is 24.9 Å². The van der Waals surface area contributed by atoms with Gasteiger partial charge in [0.15, 0.2) is 0 Å². The maximum atomic E-state index is 13.2. The van der Waals surface area contributed by atoms with E-state index in [0.717, 1.165) is 6.07 Å². The van der Waals surface area contributed by atoms with E-state index in [1.807, 2.05) is 0 Å². The molecule has 0 atom stereocenters. The van der Waals surface area contributed by atoms with E-state index in [1.54, 1.807) is 0 Å². The molecule has 0 unspecified atom stereocenters. The van der Waals surface area contributed by atoms with Gasteiger partial charge in [-0.15, -0.1) is 0 Å². The lowest BCUT2D eigenvalue weighted by Gasteiger charge is -2.26. The molecule has 0 saturated carbocycles. The molecule has 1 fully saturated rings. The average molecular weight is 289 g/mol. The number of nitrogens with one attached hydrogen (secondary N) is 1. The lowest BCUT2D eigenvalue weighted by atomic mass is 9.85. The zero-order chi connectivity index (χ0) is 14.0. The minimum absolute atomic E-state index is 0. The van der Waals surface area contributed by atoms with Crippen LogP contribution in [-0.4, -0.2) is 19.0 Å². The van der Waals surface area contributed by atoms with Crippen LogP contribution in [0.25, 0.3) is 0 Å². The van der Waals surface area contributed by atoms with E-state index in [4.69, 9.17) is 5.73 Å². The number of halogens is 3. The zero-order valence-corrected chi connectivity index (χ0v) is 11.0. The van der Waals surface area contributed by atoms with Gasteiger partial charge in [-0.25, -0.2) is 0 Å². The molecule has 1 aromatic carbocycles. The van der Waals surface area contributed by atoms with E-state index in [9.17, 15) is 18.0 Å². The van der Waals surface area contributed by atoms with Crippen molar-refractivity contribution in [1.29, 1.82) is 0 Å². The molecule has 0 radical (unpaired) electrons. The van der Waals surface area contributed by atoms with Gasteiger partial charge in [-0.1, -0.05) is 12.1 Å². The van der Waals surface area contributed by atoms with Crippen LogP contribution >= 0.6 is 0 Å². The largest absolute Gasteiger partial charge is 0.417 e. The van der Waals surface area contributed by atoms with Crippen LogP contribution in [0.2, 0.25) is 0 Å². The Morgan fingerprint density at radius 2 is 1.85 bits per heavy atom. The lowest BCUT2D eigenvalue weighted by Crippen LogP contribution is -2.29. The van der Waals surface area contributed by atoms with Crippen LogP contribution in [0, 0.1) is 0 Å². The first-order chi connectivity index (χ1) is 8.91. The quantitative estimate of drug-likeness (QED) is 0.781. The van der Waals surface area contributed by atoms with Crippen molar-refractivity contribution in [3.63, 3.8) is 0 Å². The number of rotatable bonds is 2. The third kappa shape index (κ3) is 3.29. The Bertz CT molecular complexity index is 482. The topological polar surface area (TPSA) is 90.1 Å². The van der Waals surface area contributed by atoms with Crippen LogP contribution in [0.4, 0.5) is 13.2 Å². The van der Waals surface area contributed by atoms with Crippen LogP contribution < -0.4 is 17.2 Å². The molecule has 4 nitrogen and oxygen atoms in total. The molecule has 1 aliphatic heterocycles. The highest BCUT2D eigenvalue weighted by atomic mass is 19.4. The number of benzene rings is 1. The fourth-order valence-corrected chi connectivity index (χ4v) is 2.57. The Balaban J connectivity index is 0.00000200. The minimum Gasteiger partial charge on any atom is -0.366 e. The van der Waals surface area contributed by atoms with Crippen molar-refractivity contribution in [3.05, 3.63) is 34.9 Å². The first-order valence-electron chi connectivity index (χ1n) is 6.12. The van der Waals surface area contributed by atoms with Crippen molar-refractivity contribution in [2.75, 3.05) is 13.1 Å². The van der Waals surface area contributed by atoms with Gasteiger partial charge in [-0.3, -0.25) is 4.79 Å². The molecule has 20 heavy (non-hydrogen) atoms. The zero-order valence-electron chi connectivity index (χ0n) is 11.0. The standard InChI is InChI=1S/C13H15F3N2O.H3N/c14-13(15,16)11-9(8-4-6-18-7-5-8)2-1-3-10(11)12(17)19;/h1-3,8,18H,4-7H2,(H2,17,19);1H3. The van der Waals surface area contributed by atoms with Crippen molar-refractivity contribution >= 4 is 5.91 Å². The third-order valence-electron chi connectivity index (χ3n) is 3.42. The molecule has 0 aromatic heterocycles. The SMILES string of the molecule is N.NC(=O)c1cccc(C2CCNCC2)c1C(F)(F)F. The number of carbonyl (C=O) groups excluding carboxylic acids is 1. The number of hydrogen-bond acceptors (Lipinski definition) is 3. The van der Waals surface area contributed by atoms with Crippen LogP contribution in [0.5, 0.6) is 0 Å². The van der Waals surface area contributed by atoms with E-state index in [-0.39, 0.29) is 17.6 Å². The predicted octanol–water partition coefficient (Wildman–Crippen LogP) is 2.43. The molecule has 1 aliphatic rings. The van der Waals surface area contributed by atoms with Gasteiger partial charge in [0.1, 0.15) is 0 Å². The summed E-state index contributed by atoms with van der Waals surface area (Å²) in [5.74, 6) is -1.22. The molecule has 1 saturated heterocycles. The number of amides is 1. The Morgan fingerprint density at radius 1 is 1.25 bits per heavy atom. The normalized spacial score (nSPS) is 16.6. The molecule has 1 amide bonds. The average Bonchev–Trinajstić information content (AvgIpc) is 2.38. The summed E-state index contributed by atoms with van der Waals surface area (Å²) in [4.78, 5) is 11.2. The summed E-state index contributed by atoms with van der Waals surface area (Å²) >= 11 is 0. The highest BCUT2D eigenvalue weighted by molar-refractivity contribution is 5.95. The van der Waals surface area contributed by atoms with Gasteiger partial charge in [-0.2, -0.15) is 13.2 Å². The van der Waals surface area contributed by atoms with Crippen molar-refractivity contribution in [3.8, 4) is 0 Å². The van der Waals surface area contributed by atoms with Gasteiger partial charge < -0.3 is 17.2 Å². The fraction of sp³-hybridized carbons (Fsp3) is 0.462. The maximum absolute atomic E-state index is 13.2. The summed E-state index contributed by atoms with van der Waals surface area (Å²) in [7, 11) is 0. The number of primary amides is 1. The van der Waals surface area contributed by atoms with Gasteiger partial charge in [0, 0.05) is 0 Å².